The molecule has 2 rings (SSSR count). The Hall–Kier alpha value is -1.76. The molecule has 1 atom stereocenters. The molecule has 6 nitrogen and oxygen atoms in total. The van der Waals surface area contributed by atoms with E-state index in [2.05, 4.69) is 10.3 Å². The fraction of sp³-hybridized carbons (Fsp3) is 0.462. The Morgan fingerprint density at radius 2 is 2.10 bits per heavy atom. The Morgan fingerprint density at radius 3 is 2.65 bits per heavy atom. The second-order valence-corrected chi connectivity index (χ2v) is 7.65. The molecular weight excluding hydrogens is 278 g/mol. The second kappa shape index (κ2) is 4.97. The number of hydrogen-bond donors (Lipinski definition) is 2. The third-order valence-corrected chi connectivity index (χ3v) is 3.95. The zero-order chi connectivity index (χ0) is 15.0. The third kappa shape index (κ3) is 3.86. The number of pyridine rings is 1. The topological polar surface area (TPSA) is 94.3 Å². The molecule has 0 aliphatic carbocycles. The quantitative estimate of drug-likeness (QED) is 0.879. The first-order valence-electron chi connectivity index (χ1n) is 6.28. The predicted octanol–water partition coefficient (Wildman–Crippen LogP) is 1.56. The van der Waals surface area contributed by atoms with Crippen LogP contribution < -0.4 is 15.8 Å². The van der Waals surface area contributed by atoms with Crippen molar-refractivity contribution in [2.45, 2.75) is 32.4 Å². The lowest BCUT2D eigenvalue weighted by Gasteiger charge is -2.22. The van der Waals surface area contributed by atoms with E-state index in [0.717, 1.165) is 0 Å². The van der Waals surface area contributed by atoms with E-state index in [9.17, 15) is 8.42 Å². The third-order valence-electron chi connectivity index (χ3n) is 2.56. The van der Waals surface area contributed by atoms with Crippen molar-refractivity contribution in [3.63, 3.8) is 0 Å². The highest BCUT2D eigenvalue weighted by Gasteiger charge is 2.22. The van der Waals surface area contributed by atoms with Crippen LogP contribution in [-0.2, 0) is 9.84 Å². The van der Waals surface area contributed by atoms with Gasteiger partial charge in [-0.05, 0) is 39.0 Å². The molecule has 1 aliphatic heterocycles. The molecule has 0 spiro atoms. The van der Waals surface area contributed by atoms with E-state index in [-0.39, 0.29) is 11.8 Å². The molecule has 0 amide bonds. The summed E-state index contributed by atoms with van der Waals surface area (Å²) in [5.41, 5.74) is 5.86. The minimum atomic E-state index is -3.09. The lowest BCUT2D eigenvalue weighted by Crippen LogP contribution is -2.25. The summed E-state index contributed by atoms with van der Waals surface area (Å²) in [6, 6.07) is 3.10. The monoisotopic (exact) mass is 297 g/mol. The smallest absolute Gasteiger partial charge is 0.239 e. The van der Waals surface area contributed by atoms with Gasteiger partial charge in [-0.1, -0.05) is 0 Å². The minimum Gasteiger partial charge on any atom is -0.470 e. The zero-order valence-electron chi connectivity index (χ0n) is 11.8. The Kier molecular flexibility index (Phi) is 3.64. The van der Waals surface area contributed by atoms with Gasteiger partial charge in [0.05, 0.1) is 17.5 Å². The van der Waals surface area contributed by atoms with Crippen LogP contribution in [0.5, 0.6) is 5.88 Å². The number of hydrogen-bond acceptors (Lipinski definition) is 6. The van der Waals surface area contributed by atoms with Crippen LogP contribution in [-0.4, -0.2) is 30.8 Å². The first kappa shape index (κ1) is 14.6. The fourth-order valence-corrected chi connectivity index (χ4v) is 2.99. The van der Waals surface area contributed by atoms with Gasteiger partial charge in [0, 0.05) is 5.41 Å². The molecule has 3 N–H and O–H groups in total. The number of aromatic nitrogens is 1. The maximum Gasteiger partial charge on any atom is 0.239 e. The summed E-state index contributed by atoms with van der Waals surface area (Å²) in [5.74, 6) is 0.909. The summed E-state index contributed by atoms with van der Waals surface area (Å²) in [6.45, 7) is 5.71. The number of anilines is 2. The second-order valence-electron chi connectivity index (χ2n) is 5.71. The standard InChI is InChI=1S/C13H19N3O3S/c1-13(2,3)19-12-10(14)4-5-11(16-12)15-9-6-7-20(17,18)8-9/h4-7,9H,8,14H2,1-3H3,(H,15,16). The van der Waals surface area contributed by atoms with Crippen molar-refractivity contribution >= 4 is 21.3 Å². The summed E-state index contributed by atoms with van der Waals surface area (Å²) in [4.78, 5) is 4.28. The van der Waals surface area contributed by atoms with E-state index in [1.807, 2.05) is 20.8 Å². The molecule has 20 heavy (non-hydrogen) atoms. The van der Waals surface area contributed by atoms with E-state index in [0.29, 0.717) is 17.4 Å². The van der Waals surface area contributed by atoms with Crippen LogP contribution in [0.2, 0.25) is 0 Å². The molecule has 7 heteroatoms. The van der Waals surface area contributed by atoms with Crippen molar-refractivity contribution in [2.75, 3.05) is 16.8 Å². The van der Waals surface area contributed by atoms with Crippen LogP contribution in [0, 0.1) is 0 Å². The zero-order valence-corrected chi connectivity index (χ0v) is 12.6. The van der Waals surface area contributed by atoms with Crippen LogP contribution >= 0.6 is 0 Å². The summed E-state index contributed by atoms with van der Waals surface area (Å²) in [6.07, 6.45) is 1.61. The SMILES string of the molecule is CC(C)(C)Oc1nc(NC2C=CS(=O)(=O)C2)ccc1N. The average Bonchev–Trinajstić information content (AvgIpc) is 2.61. The molecule has 2 heterocycles. The number of rotatable bonds is 3. The number of ether oxygens (including phenoxy) is 1. The molecule has 0 fully saturated rings. The molecule has 0 aromatic carbocycles. The highest BCUT2D eigenvalue weighted by molar-refractivity contribution is 7.94. The molecular formula is C13H19N3O3S. The van der Waals surface area contributed by atoms with Crippen LogP contribution in [0.1, 0.15) is 20.8 Å². The Morgan fingerprint density at radius 1 is 1.40 bits per heavy atom. The van der Waals surface area contributed by atoms with Crippen LogP contribution in [0.3, 0.4) is 0 Å². The molecule has 0 saturated heterocycles. The predicted molar refractivity (Wildman–Crippen MR) is 79.4 cm³/mol. The van der Waals surface area contributed by atoms with Gasteiger partial charge in [-0.15, -0.1) is 0 Å². The van der Waals surface area contributed by atoms with Crippen molar-refractivity contribution in [3.05, 3.63) is 23.6 Å². The van der Waals surface area contributed by atoms with Crippen molar-refractivity contribution in [1.29, 1.82) is 0 Å². The van der Waals surface area contributed by atoms with Crippen molar-refractivity contribution in [2.24, 2.45) is 0 Å². The van der Waals surface area contributed by atoms with Gasteiger partial charge in [0.2, 0.25) is 5.88 Å². The molecule has 1 aromatic heterocycles. The van der Waals surface area contributed by atoms with E-state index in [1.165, 1.54) is 5.41 Å². The maximum absolute atomic E-state index is 11.3. The van der Waals surface area contributed by atoms with Crippen molar-refractivity contribution in [3.8, 4) is 5.88 Å². The molecule has 1 aliphatic rings. The lowest BCUT2D eigenvalue weighted by atomic mass is 10.2. The average molecular weight is 297 g/mol. The number of sulfone groups is 1. The minimum absolute atomic E-state index is 0.0362. The molecule has 0 saturated carbocycles. The number of nitrogens with two attached hydrogens (primary N) is 1. The van der Waals surface area contributed by atoms with Gasteiger partial charge < -0.3 is 15.8 Å². The number of nitrogens with one attached hydrogen (secondary N) is 1. The van der Waals surface area contributed by atoms with Gasteiger partial charge in [0.25, 0.3) is 0 Å². The highest BCUT2D eigenvalue weighted by Crippen LogP contribution is 2.25. The van der Waals surface area contributed by atoms with Crippen LogP contribution in [0.25, 0.3) is 0 Å². The van der Waals surface area contributed by atoms with Crippen LogP contribution in [0.4, 0.5) is 11.5 Å². The Labute approximate surface area is 119 Å². The van der Waals surface area contributed by atoms with E-state index >= 15 is 0 Å². The molecule has 110 valence electrons. The number of nitrogen functional groups attached to an aromatic ring is 1. The van der Waals surface area contributed by atoms with Gasteiger partial charge in [0.15, 0.2) is 9.84 Å². The van der Waals surface area contributed by atoms with Gasteiger partial charge in [-0.2, -0.15) is 4.98 Å². The molecule has 1 aromatic rings. The fourth-order valence-electron chi connectivity index (χ4n) is 1.76. The largest absolute Gasteiger partial charge is 0.470 e. The molecule has 1 unspecified atom stereocenters. The van der Waals surface area contributed by atoms with Crippen LogP contribution in [0.15, 0.2) is 23.6 Å². The van der Waals surface area contributed by atoms with Crippen molar-refractivity contribution in [1.82, 2.24) is 4.98 Å². The van der Waals surface area contributed by atoms with Gasteiger partial charge in [0.1, 0.15) is 11.4 Å². The lowest BCUT2D eigenvalue weighted by molar-refractivity contribution is 0.125. The van der Waals surface area contributed by atoms with E-state index < -0.39 is 15.4 Å². The summed E-state index contributed by atoms with van der Waals surface area (Å²) >= 11 is 0. The Balaban J connectivity index is 2.14. The number of nitrogens with zero attached hydrogens (tertiary/aromatic N) is 1. The first-order valence-corrected chi connectivity index (χ1v) is 7.99. The molecule has 0 bridgehead atoms. The summed E-state index contributed by atoms with van der Waals surface area (Å²) in [5, 5.41) is 4.25. The Bertz CT molecular complexity index is 633. The first-order chi connectivity index (χ1) is 9.15. The summed E-state index contributed by atoms with van der Waals surface area (Å²) < 4.78 is 28.4. The summed E-state index contributed by atoms with van der Waals surface area (Å²) in [7, 11) is -3.09. The van der Waals surface area contributed by atoms with E-state index in [4.69, 9.17) is 10.5 Å². The van der Waals surface area contributed by atoms with Gasteiger partial charge in [-0.3, -0.25) is 0 Å². The van der Waals surface area contributed by atoms with Crippen molar-refractivity contribution < 1.29 is 13.2 Å². The highest BCUT2D eigenvalue weighted by atomic mass is 32.2. The maximum atomic E-state index is 11.3. The van der Waals surface area contributed by atoms with Gasteiger partial charge >= 0.3 is 0 Å². The molecule has 0 radical (unpaired) electrons. The van der Waals surface area contributed by atoms with Gasteiger partial charge in [-0.25, -0.2) is 8.42 Å². The normalized spacial score (nSPS) is 20.9. The van der Waals surface area contributed by atoms with E-state index in [1.54, 1.807) is 18.2 Å².